The lowest BCUT2D eigenvalue weighted by molar-refractivity contribution is -0.140. The van der Waals surface area contributed by atoms with Crippen LogP contribution in [0.3, 0.4) is 0 Å². The van der Waals surface area contributed by atoms with Gasteiger partial charge in [-0.3, -0.25) is 9.48 Å². The van der Waals surface area contributed by atoms with E-state index in [0.717, 1.165) is 10.1 Å². The van der Waals surface area contributed by atoms with Crippen LogP contribution < -0.4 is 10.3 Å². The molecule has 1 saturated carbocycles. The molecule has 0 aliphatic heterocycles. The summed E-state index contributed by atoms with van der Waals surface area (Å²) in [6.45, 7) is 2.36. The fourth-order valence-electron chi connectivity index (χ4n) is 3.67. The lowest BCUT2D eigenvalue weighted by Gasteiger charge is -2.13. The van der Waals surface area contributed by atoms with Gasteiger partial charge in [0.25, 0.3) is 5.56 Å². The van der Waals surface area contributed by atoms with Gasteiger partial charge in [-0.1, -0.05) is 29.8 Å². The van der Waals surface area contributed by atoms with Crippen LogP contribution in [0.2, 0.25) is 5.02 Å². The van der Waals surface area contributed by atoms with Crippen LogP contribution in [0, 0.1) is 5.92 Å². The Morgan fingerprint density at radius 1 is 1.25 bits per heavy atom. The SMILES string of the molecule is C[C@H](C(=O)O)n1nc(Cn2cc3cc(OCC4CC4)c(Cl)cc3n2)c2ccccc2c1=O. The van der Waals surface area contributed by atoms with E-state index >= 15 is 0 Å². The van der Waals surface area contributed by atoms with Gasteiger partial charge in [0.1, 0.15) is 5.75 Å². The van der Waals surface area contributed by atoms with Crippen LogP contribution in [-0.4, -0.2) is 37.2 Å². The summed E-state index contributed by atoms with van der Waals surface area (Å²) in [7, 11) is 0. The molecule has 164 valence electrons. The molecule has 1 atom stereocenters. The predicted molar refractivity (Wildman–Crippen MR) is 120 cm³/mol. The molecule has 0 spiro atoms. The topological polar surface area (TPSA) is 99.2 Å². The van der Waals surface area contributed by atoms with Crippen LogP contribution in [0.15, 0.2) is 47.4 Å². The molecule has 5 rings (SSSR count). The number of halogens is 1. The van der Waals surface area contributed by atoms with Gasteiger partial charge in [0, 0.05) is 17.0 Å². The average molecular weight is 453 g/mol. The van der Waals surface area contributed by atoms with Crippen molar-refractivity contribution >= 4 is 39.2 Å². The first-order valence-corrected chi connectivity index (χ1v) is 10.8. The highest BCUT2D eigenvalue weighted by molar-refractivity contribution is 6.32. The number of carboxylic acid groups (broad SMARTS) is 1. The lowest BCUT2D eigenvalue weighted by atomic mass is 10.1. The number of rotatable bonds is 7. The minimum atomic E-state index is -1.13. The number of hydrogen-bond acceptors (Lipinski definition) is 5. The van der Waals surface area contributed by atoms with E-state index in [4.69, 9.17) is 16.3 Å². The maximum Gasteiger partial charge on any atom is 0.328 e. The molecule has 32 heavy (non-hydrogen) atoms. The Kier molecular flexibility index (Phi) is 5.09. The van der Waals surface area contributed by atoms with Crippen LogP contribution in [0.5, 0.6) is 5.75 Å². The van der Waals surface area contributed by atoms with Crippen molar-refractivity contribution in [3.8, 4) is 5.75 Å². The summed E-state index contributed by atoms with van der Waals surface area (Å²) in [5, 5.41) is 20.8. The largest absolute Gasteiger partial charge is 0.492 e. The number of hydrogen-bond donors (Lipinski definition) is 1. The molecule has 4 aromatic rings. The second-order valence-electron chi connectivity index (χ2n) is 8.18. The average Bonchev–Trinajstić information content (AvgIpc) is 3.53. The first-order valence-electron chi connectivity index (χ1n) is 10.4. The van der Waals surface area contributed by atoms with E-state index < -0.39 is 17.6 Å². The monoisotopic (exact) mass is 452 g/mol. The maximum atomic E-state index is 12.8. The Morgan fingerprint density at radius 2 is 2.00 bits per heavy atom. The van der Waals surface area contributed by atoms with Crippen molar-refractivity contribution < 1.29 is 14.6 Å². The molecule has 9 heteroatoms. The van der Waals surface area contributed by atoms with E-state index in [1.807, 2.05) is 18.3 Å². The molecule has 1 aliphatic carbocycles. The molecule has 0 saturated heterocycles. The van der Waals surface area contributed by atoms with E-state index in [0.29, 0.717) is 45.3 Å². The molecule has 1 aliphatic rings. The van der Waals surface area contributed by atoms with Crippen molar-refractivity contribution in [1.29, 1.82) is 0 Å². The summed E-state index contributed by atoms with van der Waals surface area (Å²) < 4.78 is 8.58. The van der Waals surface area contributed by atoms with Crippen LogP contribution in [0.25, 0.3) is 21.7 Å². The summed E-state index contributed by atoms with van der Waals surface area (Å²) in [5.74, 6) is 0.129. The third kappa shape index (κ3) is 3.82. The summed E-state index contributed by atoms with van der Waals surface area (Å²) in [6.07, 6.45) is 4.25. The van der Waals surface area contributed by atoms with E-state index in [2.05, 4.69) is 10.2 Å². The molecule has 8 nitrogen and oxygen atoms in total. The fourth-order valence-corrected chi connectivity index (χ4v) is 3.88. The van der Waals surface area contributed by atoms with Crippen LogP contribution in [0.1, 0.15) is 31.5 Å². The molecular formula is C23H21ClN4O4. The zero-order valence-corrected chi connectivity index (χ0v) is 18.1. The minimum Gasteiger partial charge on any atom is -0.492 e. The Hall–Kier alpha value is -3.39. The third-order valence-corrected chi connectivity index (χ3v) is 6.01. The Morgan fingerprint density at radius 3 is 2.72 bits per heavy atom. The third-order valence-electron chi connectivity index (χ3n) is 5.72. The second kappa shape index (κ2) is 7.94. The first-order chi connectivity index (χ1) is 15.4. The Labute approximate surface area is 188 Å². The van der Waals surface area contributed by atoms with Crippen LogP contribution in [0.4, 0.5) is 0 Å². The molecule has 0 amide bonds. The van der Waals surface area contributed by atoms with Gasteiger partial charge in [0.15, 0.2) is 6.04 Å². The lowest BCUT2D eigenvalue weighted by Crippen LogP contribution is -2.31. The molecular weight excluding hydrogens is 432 g/mol. The van der Waals surface area contributed by atoms with Gasteiger partial charge in [0.05, 0.1) is 34.8 Å². The van der Waals surface area contributed by atoms with Gasteiger partial charge in [-0.15, -0.1) is 0 Å². The highest BCUT2D eigenvalue weighted by Gasteiger charge is 2.23. The highest BCUT2D eigenvalue weighted by Crippen LogP contribution is 2.33. The number of carboxylic acids is 1. The number of carbonyl (C=O) groups is 1. The second-order valence-corrected chi connectivity index (χ2v) is 8.59. The van der Waals surface area contributed by atoms with Crippen molar-refractivity contribution in [3.63, 3.8) is 0 Å². The van der Waals surface area contributed by atoms with Gasteiger partial charge in [-0.25, -0.2) is 9.48 Å². The molecule has 1 N–H and O–H groups in total. The van der Waals surface area contributed by atoms with Gasteiger partial charge in [0.2, 0.25) is 0 Å². The zero-order chi connectivity index (χ0) is 22.4. The normalized spacial score (nSPS) is 14.7. The van der Waals surface area contributed by atoms with Crippen molar-refractivity contribution in [2.75, 3.05) is 6.61 Å². The molecule has 0 unspecified atom stereocenters. The quantitative estimate of drug-likeness (QED) is 0.456. The summed E-state index contributed by atoms with van der Waals surface area (Å²) in [6, 6.07) is 9.61. The number of aliphatic carboxylic acids is 1. The number of fused-ring (bicyclic) bond motifs is 2. The predicted octanol–water partition coefficient (Wildman–Crippen LogP) is 3.88. The first kappa shape index (κ1) is 20.5. The van der Waals surface area contributed by atoms with E-state index in [-0.39, 0.29) is 6.54 Å². The fraction of sp³-hybridized carbons (Fsp3) is 0.304. The molecule has 2 heterocycles. The standard InChI is InChI=1S/C23H21ClN4O4/c1-13(23(30)31)28-22(29)17-5-3-2-4-16(17)20(26-28)11-27-10-15-8-21(32-12-14-6-7-14)18(24)9-19(15)25-27/h2-5,8-10,13-14H,6-7,11-12H2,1H3,(H,30,31)/t13-/m1/s1. The number of aromatic nitrogens is 4. The molecule has 1 fully saturated rings. The van der Waals surface area contributed by atoms with Crippen LogP contribution >= 0.6 is 11.6 Å². The van der Waals surface area contributed by atoms with Crippen molar-refractivity contribution in [2.45, 2.75) is 32.4 Å². The summed E-state index contributed by atoms with van der Waals surface area (Å²) in [4.78, 5) is 24.3. The number of ether oxygens (including phenoxy) is 1. The van der Waals surface area contributed by atoms with E-state index in [1.165, 1.54) is 19.8 Å². The Balaban J connectivity index is 1.54. The van der Waals surface area contributed by atoms with E-state index in [1.54, 1.807) is 28.9 Å². The van der Waals surface area contributed by atoms with Gasteiger partial charge in [-0.05, 0) is 43.9 Å². The smallest absolute Gasteiger partial charge is 0.328 e. The zero-order valence-electron chi connectivity index (χ0n) is 17.4. The summed E-state index contributed by atoms with van der Waals surface area (Å²) in [5.41, 5.74) is 0.830. The Bertz CT molecular complexity index is 1410. The molecule has 2 aromatic carbocycles. The van der Waals surface area contributed by atoms with Crippen molar-refractivity contribution in [2.24, 2.45) is 5.92 Å². The number of nitrogens with zero attached hydrogens (tertiary/aromatic N) is 4. The highest BCUT2D eigenvalue weighted by atomic mass is 35.5. The minimum absolute atomic E-state index is 0.262. The molecule has 0 radical (unpaired) electrons. The summed E-state index contributed by atoms with van der Waals surface area (Å²) >= 11 is 6.38. The van der Waals surface area contributed by atoms with Gasteiger partial charge < -0.3 is 9.84 Å². The van der Waals surface area contributed by atoms with Crippen LogP contribution in [-0.2, 0) is 11.3 Å². The molecule has 0 bridgehead atoms. The van der Waals surface area contributed by atoms with Crippen molar-refractivity contribution in [3.05, 3.63) is 63.7 Å². The maximum absolute atomic E-state index is 12.8. The van der Waals surface area contributed by atoms with Gasteiger partial charge >= 0.3 is 5.97 Å². The van der Waals surface area contributed by atoms with Crippen molar-refractivity contribution in [1.82, 2.24) is 19.6 Å². The van der Waals surface area contributed by atoms with Gasteiger partial charge in [-0.2, -0.15) is 10.2 Å². The number of benzene rings is 2. The molecule has 2 aromatic heterocycles. The van der Waals surface area contributed by atoms with E-state index in [9.17, 15) is 14.7 Å².